The van der Waals surface area contributed by atoms with Crippen LogP contribution in [0.15, 0.2) is 35.9 Å². The SMILES string of the molecule is CC(C)Oc1ccc(COc2cc(F)c3c(c2)OCC(C=O)=C3)cc1C(F)(F)F. The third-order valence-electron chi connectivity index (χ3n) is 4.06. The first-order chi connectivity index (χ1) is 13.7. The minimum atomic E-state index is -4.59. The van der Waals surface area contributed by atoms with Crippen molar-refractivity contribution in [3.05, 3.63) is 58.4 Å². The summed E-state index contributed by atoms with van der Waals surface area (Å²) in [7, 11) is 0. The lowest BCUT2D eigenvalue weighted by atomic mass is 10.1. The van der Waals surface area contributed by atoms with E-state index in [4.69, 9.17) is 14.2 Å². The average Bonchev–Trinajstić information content (AvgIpc) is 2.65. The minimum absolute atomic E-state index is 0.00560. The van der Waals surface area contributed by atoms with Gasteiger partial charge in [0.15, 0.2) is 0 Å². The largest absolute Gasteiger partial charge is 0.490 e. The maximum atomic E-state index is 14.3. The Morgan fingerprint density at radius 1 is 1.21 bits per heavy atom. The van der Waals surface area contributed by atoms with E-state index in [2.05, 4.69) is 0 Å². The molecule has 0 bridgehead atoms. The van der Waals surface area contributed by atoms with Crippen LogP contribution < -0.4 is 14.2 Å². The molecule has 0 fully saturated rings. The Bertz CT molecular complexity index is 948. The number of hydrogen-bond acceptors (Lipinski definition) is 4. The second-order valence-electron chi connectivity index (χ2n) is 6.73. The van der Waals surface area contributed by atoms with Crippen LogP contribution in [-0.2, 0) is 17.6 Å². The van der Waals surface area contributed by atoms with Crippen LogP contribution in [0.4, 0.5) is 17.6 Å². The highest BCUT2D eigenvalue weighted by Gasteiger charge is 2.35. The second kappa shape index (κ2) is 8.14. The molecule has 3 rings (SSSR count). The fraction of sp³-hybridized carbons (Fsp3) is 0.286. The molecule has 0 unspecified atom stereocenters. The van der Waals surface area contributed by atoms with Gasteiger partial charge in [0.25, 0.3) is 0 Å². The summed E-state index contributed by atoms with van der Waals surface area (Å²) in [5.41, 5.74) is -0.233. The molecular weight excluding hydrogens is 392 g/mol. The first kappa shape index (κ1) is 20.7. The van der Waals surface area contributed by atoms with Crippen LogP contribution in [0.1, 0.15) is 30.5 Å². The van der Waals surface area contributed by atoms with Crippen molar-refractivity contribution in [2.24, 2.45) is 0 Å². The number of fused-ring (bicyclic) bond motifs is 1. The number of alkyl halides is 3. The predicted molar refractivity (Wildman–Crippen MR) is 97.5 cm³/mol. The summed E-state index contributed by atoms with van der Waals surface area (Å²) in [5.74, 6) is -0.627. The van der Waals surface area contributed by atoms with E-state index in [9.17, 15) is 22.4 Å². The predicted octanol–water partition coefficient (Wildman–Crippen LogP) is 5.19. The number of hydrogen-bond donors (Lipinski definition) is 0. The van der Waals surface area contributed by atoms with Crippen molar-refractivity contribution in [2.75, 3.05) is 6.61 Å². The zero-order chi connectivity index (χ0) is 21.2. The van der Waals surface area contributed by atoms with Gasteiger partial charge in [0.05, 0.1) is 17.2 Å². The van der Waals surface area contributed by atoms with Gasteiger partial charge >= 0.3 is 6.18 Å². The lowest BCUT2D eigenvalue weighted by Gasteiger charge is -2.18. The highest BCUT2D eigenvalue weighted by atomic mass is 19.4. The molecule has 0 saturated heterocycles. The third-order valence-corrected chi connectivity index (χ3v) is 4.06. The van der Waals surface area contributed by atoms with Gasteiger partial charge in [-0.3, -0.25) is 4.79 Å². The van der Waals surface area contributed by atoms with Crippen molar-refractivity contribution in [3.63, 3.8) is 0 Å². The highest BCUT2D eigenvalue weighted by Crippen LogP contribution is 2.38. The van der Waals surface area contributed by atoms with Crippen LogP contribution in [0.3, 0.4) is 0 Å². The average molecular weight is 410 g/mol. The summed E-state index contributed by atoms with van der Waals surface area (Å²) < 4.78 is 70.3. The lowest BCUT2D eigenvalue weighted by Crippen LogP contribution is -2.13. The van der Waals surface area contributed by atoms with Crippen LogP contribution >= 0.6 is 0 Å². The Balaban J connectivity index is 1.81. The molecule has 0 aliphatic carbocycles. The van der Waals surface area contributed by atoms with E-state index in [1.54, 1.807) is 13.8 Å². The normalized spacial score (nSPS) is 13.4. The number of carbonyl (C=O) groups is 1. The Hall–Kier alpha value is -3.03. The summed E-state index contributed by atoms with van der Waals surface area (Å²) in [6.07, 6.45) is -3.04. The fourth-order valence-electron chi connectivity index (χ4n) is 2.78. The molecule has 0 spiro atoms. The van der Waals surface area contributed by atoms with E-state index in [0.29, 0.717) is 11.9 Å². The van der Waals surface area contributed by atoms with Gasteiger partial charge in [0.2, 0.25) is 0 Å². The molecule has 1 aliphatic heterocycles. The molecule has 8 heteroatoms. The van der Waals surface area contributed by atoms with Gasteiger partial charge in [0.1, 0.15) is 42.6 Å². The van der Waals surface area contributed by atoms with E-state index in [0.717, 1.165) is 12.1 Å². The number of carbonyl (C=O) groups excluding carboxylic acids is 1. The number of halogens is 4. The van der Waals surface area contributed by atoms with Crippen molar-refractivity contribution in [1.29, 1.82) is 0 Å². The number of ether oxygens (including phenoxy) is 3. The maximum absolute atomic E-state index is 14.3. The van der Waals surface area contributed by atoms with Gasteiger partial charge < -0.3 is 14.2 Å². The molecule has 1 aliphatic rings. The number of rotatable bonds is 6. The van der Waals surface area contributed by atoms with Crippen molar-refractivity contribution in [2.45, 2.75) is 32.7 Å². The Morgan fingerprint density at radius 3 is 2.62 bits per heavy atom. The highest BCUT2D eigenvalue weighted by molar-refractivity contribution is 5.84. The Morgan fingerprint density at radius 2 is 1.97 bits per heavy atom. The van der Waals surface area contributed by atoms with Crippen LogP contribution in [0.2, 0.25) is 0 Å². The molecule has 0 N–H and O–H groups in total. The summed E-state index contributed by atoms with van der Waals surface area (Å²) in [6.45, 7) is 3.07. The van der Waals surface area contributed by atoms with Crippen LogP contribution in [0.5, 0.6) is 17.2 Å². The first-order valence-corrected chi connectivity index (χ1v) is 8.79. The van der Waals surface area contributed by atoms with Crippen molar-refractivity contribution in [1.82, 2.24) is 0 Å². The molecule has 0 aromatic heterocycles. The van der Waals surface area contributed by atoms with Gasteiger partial charge in [-0.2, -0.15) is 13.2 Å². The molecule has 154 valence electrons. The molecule has 4 nitrogen and oxygen atoms in total. The summed E-state index contributed by atoms with van der Waals surface area (Å²) in [4.78, 5) is 10.8. The lowest BCUT2D eigenvalue weighted by molar-refractivity contribution is -0.139. The van der Waals surface area contributed by atoms with Crippen LogP contribution in [0.25, 0.3) is 6.08 Å². The standard InChI is InChI=1S/C21H18F4O4/c1-12(2)29-19-4-3-13(6-17(19)21(23,24)25)10-27-15-7-18(22)16-5-14(9-26)11-28-20(16)8-15/h3-9,12H,10-11H2,1-2H3. The maximum Gasteiger partial charge on any atom is 0.419 e. The van der Waals surface area contributed by atoms with Crippen molar-refractivity contribution < 1.29 is 36.6 Å². The first-order valence-electron chi connectivity index (χ1n) is 8.79. The molecule has 29 heavy (non-hydrogen) atoms. The quantitative estimate of drug-likeness (QED) is 0.486. The molecule has 0 saturated carbocycles. The summed E-state index contributed by atoms with van der Waals surface area (Å²) in [5, 5.41) is 0. The zero-order valence-electron chi connectivity index (χ0n) is 15.7. The zero-order valence-corrected chi connectivity index (χ0v) is 15.7. The van der Waals surface area contributed by atoms with Gasteiger partial charge in [0, 0.05) is 17.7 Å². The summed E-state index contributed by atoms with van der Waals surface area (Å²) in [6, 6.07) is 6.16. The molecule has 1 heterocycles. The van der Waals surface area contributed by atoms with Crippen molar-refractivity contribution in [3.8, 4) is 17.2 Å². The Kier molecular flexibility index (Phi) is 5.81. The molecule has 2 aromatic carbocycles. The monoisotopic (exact) mass is 410 g/mol. The van der Waals surface area contributed by atoms with E-state index >= 15 is 0 Å². The smallest absolute Gasteiger partial charge is 0.419 e. The molecule has 0 atom stereocenters. The van der Waals surface area contributed by atoms with E-state index in [1.165, 1.54) is 24.3 Å². The van der Waals surface area contributed by atoms with E-state index < -0.39 is 23.7 Å². The second-order valence-corrected chi connectivity index (χ2v) is 6.73. The van der Waals surface area contributed by atoms with Crippen LogP contribution in [-0.4, -0.2) is 19.0 Å². The van der Waals surface area contributed by atoms with Crippen molar-refractivity contribution >= 4 is 12.4 Å². The van der Waals surface area contributed by atoms with Gasteiger partial charge in [-0.15, -0.1) is 0 Å². The molecule has 2 aromatic rings. The summed E-state index contributed by atoms with van der Waals surface area (Å²) >= 11 is 0. The number of benzene rings is 2. The topological polar surface area (TPSA) is 44.8 Å². The Labute approximate surface area is 164 Å². The van der Waals surface area contributed by atoms with Gasteiger partial charge in [-0.25, -0.2) is 4.39 Å². The van der Waals surface area contributed by atoms with Crippen LogP contribution in [0, 0.1) is 5.82 Å². The molecule has 0 radical (unpaired) electrons. The number of aldehydes is 1. The molecule has 0 amide bonds. The molecular formula is C21H18F4O4. The third kappa shape index (κ3) is 4.88. The fourth-order valence-corrected chi connectivity index (χ4v) is 2.78. The minimum Gasteiger partial charge on any atom is -0.490 e. The van der Waals surface area contributed by atoms with E-state index in [1.807, 2.05) is 0 Å². The van der Waals surface area contributed by atoms with Gasteiger partial charge in [-0.1, -0.05) is 6.07 Å². The van der Waals surface area contributed by atoms with E-state index in [-0.39, 0.29) is 41.6 Å². The van der Waals surface area contributed by atoms with Gasteiger partial charge in [-0.05, 0) is 37.6 Å².